The number of aliphatic hydroxyl groups is 1. The Morgan fingerprint density at radius 3 is 0.528 bits per heavy atom. The molecule has 0 amide bonds. The Balaban J connectivity index is 10.7. The molecule has 0 heterocycles. The van der Waals surface area contributed by atoms with Crippen molar-refractivity contribution in [2.45, 2.75) is 248 Å². The molecule has 0 spiro atoms. The molecule has 0 aromatic rings. The van der Waals surface area contributed by atoms with E-state index in [0.717, 1.165) is 0 Å². The van der Waals surface area contributed by atoms with Crippen LogP contribution >= 0.6 is 0 Å². The Bertz CT molecular complexity index is 903. The predicted molar refractivity (Wildman–Crippen MR) is 237 cm³/mol. The lowest BCUT2D eigenvalue weighted by Crippen LogP contribution is -2.86. The van der Waals surface area contributed by atoms with Gasteiger partial charge in [-0.1, -0.05) is 233 Å². The minimum atomic E-state index is -3.42. The molecule has 7 nitrogen and oxygen atoms in total. The fourth-order valence-corrected chi connectivity index (χ4v) is 53.0. The number of rotatable bonds is 33. The summed E-state index contributed by atoms with van der Waals surface area (Å²) in [5, 5.41) is 53.2. The summed E-state index contributed by atoms with van der Waals surface area (Å²) in [6.07, 6.45) is 8.44. The van der Waals surface area contributed by atoms with E-state index in [4.69, 9.17) is 0 Å². The zero-order valence-electron chi connectivity index (χ0n) is 37.0. The van der Waals surface area contributed by atoms with Crippen molar-refractivity contribution < 1.29 is 34.8 Å². The van der Waals surface area contributed by atoms with Crippen molar-refractivity contribution in [3.63, 3.8) is 0 Å². The molecule has 0 fully saturated rings. The highest BCUT2D eigenvalue weighted by molar-refractivity contribution is 7.10. The van der Waals surface area contributed by atoms with Crippen LogP contribution in [0, 0.1) is 0 Å². The molecule has 0 aromatic heterocycles. The third kappa shape index (κ3) is 8.74. The quantitative estimate of drug-likeness (QED) is 0.0485. The van der Waals surface area contributed by atoms with E-state index in [9.17, 15) is 15.3 Å². The number of hydrogen-bond donors (Lipinski definition) is 4. The van der Waals surface area contributed by atoms with Crippen LogP contribution in [0.15, 0.2) is 0 Å². The Kier molecular flexibility index (Phi) is 23.1. The average Bonchev–Trinajstić information content (AvgIpc) is 3.06. The first-order chi connectivity index (χ1) is 25.1. The lowest BCUT2D eigenvalue weighted by Gasteiger charge is -2.71. The van der Waals surface area contributed by atoms with E-state index in [-0.39, 0.29) is 0 Å². The number of carbonyl (C=O) groups is 3. The highest BCUT2D eigenvalue weighted by atomic mass is 28.4. The van der Waals surface area contributed by atoms with Crippen LogP contribution in [-0.4, -0.2) is 76.2 Å². The van der Waals surface area contributed by atoms with Crippen molar-refractivity contribution in [3.05, 3.63) is 0 Å². The summed E-state index contributed by atoms with van der Waals surface area (Å²) in [6.45, 7) is 25.2. The molecule has 0 aliphatic rings. The Hall–Kier alpha value is -0.762. The molecule has 0 bridgehead atoms. The van der Waals surface area contributed by atoms with Gasteiger partial charge in [0.25, 0.3) is 0 Å². The molecule has 0 saturated carbocycles. The van der Waals surface area contributed by atoms with Crippen molar-refractivity contribution in [3.8, 4) is 0 Å². The van der Waals surface area contributed by atoms with Crippen LogP contribution < -0.4 is 0 Å². The Morgan fingerprint density at radius 1 is 0.321 bits per heavy atom. The van der Waals surface area contributed by atoms with Crippen LogP contribution in [0.5, 0.6) is 0 Å². The number of carboxylic acids is 3. The number of carboxylic acid groups (broad SMARTS) is 3. The van der Waals surface area contributed by atoms with Crippen LogP contribution in [0.2, 0.25) is 81.9 Å². The molecule has 314 valence electrons. The molecule has 11 heteroatoms. The van der Waals surface area contributed by atoms with Crippen LogP contribution in [0.3, 0.4) is 0 Å². The van der Waals surface area contributed by atoms with E-state index < -0.39 is 65.1 Å². The van der Waals surface area contributed by atoms with Crippen LogP contribution in [0.4, 0.5) is 0 Å². The van der Waals surface area contributed by atoms with Crippen LogP contribution in [0.1, 0.15) is 160 Å². The van der Waals surface area contributed by atoms with Crippen molar-refractivity contribution in [1.29, 1.82) is 0 Å². The molecule has 4 N–H and O–H groups in total. The monoisotopic (exact) mass is 817 g/mol. The third-order valence-electron chi connectivity index (χ3n) is 14.0. The van der Waals surface area contributed by atoms with Gasteiger partial charge in [0.1, 0.15) is 0 Å². The molecule has 53 heavy (non-hydrogen) atoms. The summed E-state index contributed by atoms with van der Waals surface area (Å²) >= 11 is 0. The Labute approximate surface area is 331 Å². The summed E-state index contributed by atoms with van der Waals surface area (Å²) in [5.74, 6) is -3.79. The molecule has 0 rings (SSSR count). The van der Waals surface area contributed by atoms with E-state index in [1.165, 1.54) is 0 Å². The van der Waals surface area contributed by atoms with Gasteiger partial charge in [-0.25, -0.2) is 4.79 Å². The minimum Gasteiger partial charge on any atom is -0.481 e. The van der Waals surface area contributed by atoms with E-state index in [1.54, 1.807) is 0 Å². The maximum absolute atomic E-state index is 15.7. The van der Waals surface area contributed by atoms with Gasteiger partial charge in [-0.15, -0.1) is 0 Å². The maximum atomic E-state index is 15.7. The first-order valence-corrected chi connectivity index (χ1v) is 33.0. The summed E-state index contributed by atoms with van der Waals surface area (Å²) in [4.78, 5) is 46.8. The molecular formula is C42H88O7Si4. The molecule has 0 unspecified atom stereocenters. The zero-order valence-corrected chi connectivity index (χ0v) is 41.0. The van der Waals surface area contributed by atoms with Crippen molar-refractivity contribution in [2.24, 2.45) is 0 Å². The van der Waals surface area contributed by atoms with Crippen molar-refractivity contribution >= 4 is 50.2 Å². The lowest BCUT2D eigenvalue weighted by molar-refractivity contribution is -0.177. The average molecular weight is 818 g/mol. The van der Waals surface area contributed by atoms with Gasteiger partial charge in [0.2, 0.25) is 0 Å². The summed E-state index contributed by atoms with van der Waals surface area (Å²) < 4.78 is -3.97. The van der Waals surface area contributed by atoms with Gasteiger partial charge in [0, 0.05) is 0 Å². The highest BCUT2D eigenvalue weighted by Gasteiger charge is 2.89. The SMILES string of the molecule is CCC[Si](CCC)(CCC)C(C(=O)O)(C(O)(C(=O)O)C(C(=O)O)([Si](CCC)(CCC)CCC)[Si](CCC)(CCC)CCC)[Si](CCC)(CCC)CCC. The third-order valence-corrected chi connectivity index (χ3v) is 46.5. The number of aliphatic carboxylic acids is 3. The zero-order chi connectivity index (χ0) is 41.2. The van der Waals surface area contributed by atoms with Gasteiger partial charge >= 0.3 is 17.9 Å². The van der Waals surface area contributed by atoms with Crippen molar-refractivity contribution in [1.82, 2.24) is 0 Å². The molecule has 0 atom stereocenters. The largest absolute Gasteiger partial charge is 0.481 e. The maximum Gasteiger partial charge on any atom is 0.336 e. The lowest BCUT2D eigenvalue weighted by atomic mass is 9.91. The number of hydrogen-bond acceptors (Lipinski definition) is 4. The molecule has 0 aromatic carbocycles. The second-order valence-corrected chi connectivity index (χ2v) is 37.5. The first kappa shape index (κ1) is 52.2. The normalized spacial score (nSPS) is 13.8. The van der Waals surface area contributed by atoms with E-state index >= 15 is 19.5 Å². The summed E-state index contributed by atoms with van der Waals surface area (Å²) in [6, 6.07) is 7.24. The highest BCUT2D eigenvalue weighted by Crippen LogP contribution is 2.75. The fourth-order valence-electron chi connectivity index (χ4n) is 14.0. The molecule has 0 aliphatic heterocycles. The van der Waals surface area contributed by atoms with Gasteiger partial charge in [-0.2, -0.15) is 0 Å². The molecule has 0 aliphatic carbocycles. The van der Waals surface area contributed by atoms with E-state index in [0.29, 0.717) is 150 Å². The Morgan fingerprint density at radius 2 is 0.453 bits per heavy atom. The van der Waals surface area contributed by atoms with Gasteiger partial charge in [-0.3, -0.25) is 9.59 Å². The topological polar surface area (TPSA) is 132 Å². The van der Waals surface area contributed by atoms with Crippen molar-refractivity contribution in [2.75, 3.05) is 0 Å². The van der Waals surface area contributed by atoms with Gasteiger partial charge in [-0.05, 0) is 0 Å². The van der Waals surface area contributed by atoms with Crippen LogP contribution in [-0.2, 0) is 14.4 Å². The fraction of sp³-hybridized carbons (Fsp3) is 0.929. The van der Waals surface area contributed by atoms with Gasteiger partial charge in [0.05, 0.1) is 41.6 Å². The minimum absolute atomic E-state index is 0.603. The predicted octanol–water partition coefficient (Wildman–Crippen LogP) is 13.2. The van der Waals surface area contributed by atoms with Gasteiger partial charge in [0.15, 0.2) is 5.60 Å². The second-order valence-electron chi connectivity index (χ2n) is 17.2. The second kappa shape index (κ2) is 23.5. The first-order valence-electron chi connectivity index (χ1n) is 22.5. The standard InChI is InChI=1S/C42H88O7Si4/c1-13-25-50(26-14-2,27-15-3)41(38(45)46,51(28-16-4,29-17-5)30-18-6)40(49,37(43)44)42(39(47)48,52(31-19-7,32-20-8)33-21-9)53(34-22-10,35-23-11)36-24-12/h49H,13-36H2,1-12H3,(H,43,44)(H,45,46)(H,47,48). The van der Waals surface area contributed by atoms with Crippen LogP contribution in [0.25, 0.3) is 0 Å². The molecular weight excluding hydrogens is 729 g/mol. The molecule has 0 saturated heterocycles. The smallest absolute Gasteiger partial charge is 0.336 e. The summed E-state index contributed by atoms with van der Waals surface area (Å²) in [5.41, 5.74) is -2.92. The van der Waals surface area contributed by atoms with E-state index in [2.05, 4.69) is 83.1 Å². The van der Waals surface area contributed by atoms with Gasteiger partial charge < -0.3 is 20.4 Å². The van der Waals surface area contributed by atoms with E-state index in [1.807, 2.05) is 0 Å². The molecule has 0 radical (unpaired) electrons. The summed E-state index contributed by atoms with van der Waals surface area (Å²) in [7, 11) is -13.7.